The van der Waals surface area contributed by atoms with Crippen LogP contribution in [0.2, 0.25) is 0 Å². The van der Waals surface area contributed by atoms with Gasteiger partial charge in [0, 0.05) is 6.54 Å². The van der Waals surface area contributed by atoms with Crippen LogP contribution in [0.5, 0.6) is 11.5 Å². The highest BCUT2D eigenvalue weighted by atomic mass is 19.1. The molecule has 0 fully saturated rings. The molecule has 27 heavy (non-hydrogen) atoms. The molecule has 1 aromatic heterocycles. The van der Waals surface area contributed by atoms with Crippen LogP contribution in [0.1, 0.15) is 5.56 Å². The summed E-state index contributed by atoms with van der Waals surface area (Å²) in [6.45, 7) is 0.241. The van der Waals surface area contributed by atoms with Crippen molar-refractivity contribution >= 4 is 5.91 Å². The molecule has 1 aliphatic rings. The molecule has 2 heterocycles. The lowest BCUT2D eigenvalue weighted by molar-refractivity contribution is -0.122. The number of nitrogens with zero attached hydrogens (tertiary/aromatic N) is 3. The van der Waals surface area contributed by atoms with Crippen LogP contribution < -0.4 is 20.5 Å². The first-order valence-electron chi connectivity index (χ1n) is 8.16. The van der Waals surface area contributed by atoms with Gasteiger partial charge in [0.25, 0.3) is 0 Å². The van der Waals surface area contributed by atoms with Crippen molar-refractivity contribution in [2.24, 2.45) is 0 Å². The van der Waals surface area contributed by atoms with Gasteiger partial charge < -0.3 is 14.8 Å². The van der Waals surface area contributed by atoms with Crippen molar-refractivity contribution in [2.75, 3.05) is 6.79 Å². The lowest BCUT2D eigenvalue weighted by Crippen LogP contribution is -2.33. The van der Waals surface area contributed by atoms with Gasteiger partial charge in [-0.2, -0.15) is 5.10 Å². The number of halogens is 1. The van der Waals surface area contributed by atoms with E-state index in [0.717, 1.165) is 10.2 Å². The quantitative estimate of drug-likeness (QED) is 0.730. The second kappa shape index (κ2) is 6.94. The molecule has 0 atom stereocenters. The number of fused-ring (bicyclic) bond motifs is 1. The number of ether oxygens (including phenoxy) is 2. The molecular weight excluding hydrogens is 355 g/mol. The summed E-state index contributed by atoms with van der Waals surface area (Å²) >= 11 is 0. The summed E-state index contributed by atoms with van der Waals surface area (Å²) in [6.07, 6.45) is 1.29. The van der Waals surface area contributed by atoms with E-state index in [-0.39, 0.29) is 25.8 Å². The number of hydrogen-bond donors (Lipinski definition) is 1. The van der Waals surface area contributed by atoms with E-state index in [2.05, 4.69) is 10.4 Å². The van der Waals surface area contributed by atoms with Crippen molar-refractivity contribution in [3.63, 3.8) is 0 Å². The smallest absolute Gasteiger partial charge is 0.350 e. The third-order valence-corrected chi connectivity index (χ3v) is 4.06. The average molecular weight is 370 g/mol. The summed E-state index contributed by atoms with van der Waals surface area (Å²) in [4.78, 5) is 24.5. The zero-order chi connectivity index (χ0) is 18.8. The van der Waals surface area contributed by atoms with Gasteiger partial charge in [-0.3, -0.25) is 4.79 Å². The summed E-state index contributed by atoms with van der Waals surface area (Å²) < 4.78 is 25.8. The molecule has 4 rings (SSSR count). The van der Waals surface area contributed by atoms with Gasteiger partial charge in [-0.25, -0.2) is 18.4 Å². The number of benzene rings is 2. The van der Waals surface area contributed by atoms with E-state index in [4.69, 9.17) is 9.47 Å². The molecule has 1 amide bonds. The molecule has 0 radical (unpaired) electrons. The molecule has 0 aliphatic carbocycles. The van der Waals surface area contributed by atoms with Crippen LogP contribution in [-0.4, -0.2) is 27.0 Å². The fourth-order valence-electron chi connectivity index (χ4n) is 2.67. The van der Waals surface area contributed by atoms with E-state index in [1.165, 1.54) is 35.2 Å². The van der Waals surface area contributed by atoms with Gasteiger partial charge in [-0.05, 0) is 42.0 Å². The maximum Gasteiger partial charge on any atom is 0.350 e. The number of carbonyl (C=O) groups is 1. The van der Waals surface area contributed by atoms with Crippen molar-refractivity contribution in [1.82, 2.24) is 19.7 Å². The molecular formula is C18H15FN4O4. The SMILES string of the molecule is O=C(Cn1ncn(-c2ccc(F)cc2)c1=O)NCc1ccc2c(c1)OCO2. The molecule has 0 saturated heterocycles. The van der Waals surface area contributed by atoms with Crippen LogP contribution in [0.15, 0.2) is 53.6 Å². The Hall–Kier alpha value is -3.62. The van der Waals surface area contributed by atoms with Crippen LogP contribution in [0, 0.1) is 5.82 Å². The number of rotatable bonds is 5. The van der Waals surface area contributed by atoms with Crippen molar-refractivity contribution < 1.29 is 18.7 Å². The largest absolute Gasteiger partial charge is 0.454 e. The predicted octanol–water partition coefficient (Wildman–Crippen LogP) is 1.22. The van der Waals surface area contributed by atoms with Crippen LogP contribution in [0.25, 0.3) is 5.69 Å². The molecule has 138 valence electrons. The van der Waals surface area contributed by atoms with Gasteiger partial charge in [0.2, 0.25) is 12.7 Å². The monoisotopic (exact) mass is 370 g/mol. The summed E-state index contributed by atoms with van der Waals surface area (Å²) in [5.74, 6) is 0.542. The minimum atomic E-state index is -0.486. The van der Waals surface area contributed by atoms with Gasteiger partial charge in [0.15, 0.2) is 11.5 Å². The first-order valence-corrected chi connectivity index (χ1v) is 8.16. The van der Waals surface area contributed by atoms with Crippen LogP contribution in [0.3, 0.4) is 0 Å². The number of hydrogen-bond acceptors (Lipinski definition) is 5. The second-order valence-electron chi connectivity index (χ2n) is 5.88. The standard InChI is InChI=1S/C18H15FN4O4/c19-13-2-4-14(5-3-13)22-10-21-23(18(22)25)9-17(24)20-8-12-1-6-15-16(7-12)27-11-26-15/h1-7,10H,8-9,11H2,(H,20,24). The Morgan fingerprint density at radius 3 is 2.74 bits per heavy atom. The lowest BCUT2D eigenvalue weighted by atomic mass is 10.2. The first-order chi connectivity index (χ1) is 13.1. The predicted molar refractivity (Wildman–Crippen MR) is 92.2 cm³/mol. The third kappa shape index (κ3) is 3.52. The van der Waals surface area contributed by atoms with E-state index in [9.17, 15) is 14.0 Å². The molecule has 1 N–H and O–H groups in total. The highest BCUT2D eigenvalue weighted by Crippen LogP contribution is 2.32. The minimum Gasteiger partial charge on any atom is -0.454 e. The molecule has 0 unspecified atom stereocenters. The maximum atomic E-state index is 13.0. The zero-order valence-electron chi connectivity index (χ0n) is 14.1. The fraction of sp³-hybridized carbons (Fsp3) is 0.167. The summed E-state index contributed by atoms with van der Waals surface area (Å²) in [5.41, 5.74) is 0.824. The Morgan fingerprint density at radius 2 is 1.93 bits per heavy atom. The molecule has 2 aromatic carbocycles. The van der Waals surface area contributed by atoms with Crippen molar-refractivity contribution in [1.29, 1.82) is 0 Å². The summed E-state index contributed by atoms with van der Waals surface area (Å²) in [6, 6.07) is 10.8. The van der Waals surface area contributed by atoms with E-state index in [0.29, 0.717) is 17.2 Å². The van der Waals surface area contributed by atoms with Gasteiger partial charge in [0.05, 0.1) is 5.69 Å². The maximum absolute atomic E-state index is 13.0. The topological polar surface area (TPSA) is 87.4 Å². The Kier molecular flexibility index (Phi) is 4.33. The number of carbonyl (C=O) groups excluding carboxylic acids is 1. The molecule has 9 heteroatoms. The van der Waals surface area contributed by atoms with Crippen LogP contribution in [-0.2, 0) is 17.9 Å². The zero-order valence-corrected chi connectivity index (χ0v) is 14.1. The number of aromatic nitrogens is 3. The molecule has 3 aromatic rings. The lowest BCUT2D eigenvalue weighted by Gasteiger charge is -2.06. The highest BCUT2D eigenvalue weighted by molar-refractivity contribution is 5.75. The number of amides is 1. The Labute approximate surface area is 152 Å². The van der Waals surface area contributed by atoms with Crippen molar-refractivity contribution in [3.05, 3.63) is 70.7 Å². The van der Waals surface area contributed by atoms with Crippen LogP contribution >= 0.6 is 0 Å². The van der Waals surface area contributed by atoms with Gasteiger partial charge >= 0.3 is 5.69 Å². The average Bonchev–Trinajstić information content (AvgIpc) is 3.27. The Balaban J connectivity index is 1.40. The molecule has 8 nitrogen and oxygen atoms in total. The molecule has 1 aliphatic heterocycles. The van der Waals surface area contributed by atoms with E-state index >= 15 is 0 Å². The molecule has 0 bridgehead atoms. The van der Waals surface area contributed by atoms with E-state index < -0.39 is 11.5 Å². The summed E-state index contributed by atoms with van der Waals surface area (Å²) in [5, 5.41) is 6.66. The Morgan fingerprint density at radius 1 is 1.15 bits per heavy atom. The van der Waals surface area contributed by atoms with Gasteiger partial charge in [0.1, 0.15) is 18.7 Å². The normalized spacial score (nSPS) is 12.2. The highest BCUT2D eigenvalue weighted by Gasteiger charge is 2.14. The first kappa shape index (κ1) is 16.8. The van der Waals surface area contributed by atoms with Gasteiger partial charge in [-0.15, -0.1) is 0 Å². The van der Waals surface area contributed by atoms with Gasteiger partial charge in [-0.1, -0.05) is 6.07 Å². The molecule has 0 saturated carbocycles. The van der Waals surface area contributed by atoms with Crippen LogP contribution in [0.4, 0.5) is 4.39 Å². The Bertz CT molecular complexity index is 1040. The van der Waals surface area contributed by atoms with Crippen molar-refractivity contribution in [3.8, 4) is 17.2 Å². The number of nitrogens with one attached hydrogen (secondary N) is 1. The second-order valence-corrected chi connectivity index (χ2v) is 5.88. The van der Waals surface area contributed by atoms with Crippen molar-refractivity contribution in [2.45, 2.75) is 13.1 Å². The van der Waals surface area contributed by atoms with E-state index in [1.54, 1.807) is 12.1 Å². The van der Waals surface area contributed by atoms with E-state index in [1.807, 2.05) is 6.07 Å². The third-order valence-electron chi connectivity index (χ3n) is 4.06. The fourth-order valence-corrected chi connectivity index (χ4v) is 2.67. The summed E-state index contributed by atoms with van der Waals surface area (Å²) in [7, 11) is 0. The molecule has 0 spiro atoms. The minimum absolute atomic E-state index is 0.185.